The second-order valence-electron chi connectivity index (χ2n) is 7.22. The van der Waals surface area contributed by atoms with Gasteiger partial charge in [0.05, 0.1) is 5.69 Å². The highest BCUT2D eigenvalue weighted by Gasteiger charge is 2.19. The van der Waals surface area contributed by atoms with Gasteiger partial charge in [-0.2, -0.15) is 5.10 Å². The molecule has 1 aliphatic heterocycles. The van der Waals surface area contributed by atoms with Gasteiger partial charge in [-0.3, -0.25) is 0 Å². The highest BCUT2D eigenvalue weighted by Crippen LogP contribution is 2.32. The van der Waals surface area contributed by atoms with Gasteiger partial charge in [0.25, 0.3) is 0 Å². The van der Waals surface area contributed by atoms with E-state index >= 15 is 0 Å². The Hall–Kier alpha value is -2.73. The molecule has 0 aliphatic carbocycles. The monoisotopic (exact) mass is 346 g/mol. The molecule has 0 atom stereocenters. The topological polar surface area (TPSA) is 70.9 Å². The number of hydrogen-bond donors (Lipinski definition) is 2. The van der Waals surface area contributed by atoms with Crippen molar-refractivity contribution in [2.75, 3.05) is 13.1 Å². The number of pyridine rings is 2. The van der Waals surface area contributed by atoms with Crippen LogP contribution in [0.5, 0.6) is 0 Å². The molecule has 0 spiro atoms. The lowest BCUT2D eigenvalue weighted by atomic mass is 9.94. The maximum absolute atomic E-state index is 4.96. The predicted octanol–water partition coefficient (Wildman–Crippen LogP) is 3.36. The molecule has 1 fully saturated rings. The van der Waals surface area contributed by atoms with Crippen LogP contribution in [0.15, 0.2) is 30.7 Å². The van der Waals surface area contributed by atoms with E-state index in [9.17, 15) is 0 Å². The molecule has 0 amide bonds. The van der Waals surface area contributed by atoms with Gasteiger partial charge in [0.15, 0.2) is 5.65 Å². The third-order valence-electron chi connectivity index (χ3n) is 5.54. The van der Waals surface area contributed by atoms with Crippen molar-refractivity contribution in [1.29, 1.82) is 0 Å². The molecule has 4 aromatic rings. The molecule has 6 nitrogen and oxygen atoms in total. The van der Waals surface area contributed by atoms with Crippen LogP contribution in [0.2, 0.25) is 0 Å². The Morgan fingerprint density at radius 1 is 1.15 bits per heavy atom. The standard InChI is InChI=1S/C20H22N6/c1-12-9-15(10-26-20(12)22-11-23-26)18-13(2)16-3-4-17(24-19(16)25-18)14-5-7-21-8-6-14/h3-4,9-11,14,21H,5-8H2,1-2H3,(H,24,25). The minimum absolute atomic E-state index is 0.557. The summed E-state index contributed by atoms with van der Waals surface area (Å²) >= 11 is 0. The summed E-state index contributed by atoms with van der Waals surface area (Å²) in [5, 5.41) is 8.91. The Balaban J connectivity index is 1.62. The van der Waals surface area contributed by atoms with Gasteiger partial charge in [0.2, 0.25) is 0 Å². The van der Waals surface area contributed by atoms with Gasteiger partial charge in [-0.05, 0) is 69.1 Å². The van der Waals surface area contributed by atoms with Crippen LogP contribution in [0.3, 0.4) is 0 Å². The van der Waals surface area contributed by atoms with Crippen LogP contribution in [0.4, 0.5) is 0 Å². The number of hydrogen-bond acceptors (Lipinski definition) is 4. The van der Waals surface area contributed by atoms with Crippen molar-refractivity contribution < 1.29 is 0 Å². The smallest absolute Gasteiger partial charge is 0.158 e. The van der Waals surface area contributed by atoms with Gasteiger partial charge < -0.3 is 10.3 Å². The molecule has 5 rings (SSSR count). The number of H-pyrrole nitrogens is 1. The Morgan fingerprint density at radius 3 is 2.85 bits per heavy atom. The predicted molar refractivity (Wildman–Crippen MR) is 102 cm³/mol. The summed E-state index contributed by atoms with van der Waals surface area (Å²) in [5.41, 5.74) is 7.63. The molecule has 2 N–H and O–H groups in total. The molecular weight excluding hydrogens is 324 g/mol. The molecule has 4 aromatic heterocycles. The van der Waals surface area contributed by atoms with Gasteiger partial charge in [0, 0.05) is 28.8 Å². The van der Waals surface area contributed by atoms with Crippen molar-refractivity contribution in [3.8, 4) is 11.3 Å². The summed E-state index contributed by atoms with van der Waals surface area (Å²) in [5.74, 6) is 0.557. The first-order chi connectivity index (χ1) is 12.7. The Kier molecular flexibility index (Phi) is 3.53. The van der Waals surface area contributed by atoms with E-state index in [0.717, 1.165) is 54.0 Å². The van der Waals surface area contributed by atoms with E-state index in [4.69, 9.17) is 4.98 Å². The van der Waals surface area contributed by atoms with E-state index in [0.29, 0.717) is 5.92 Å². The van der Waals surface area contributed by atoms with Crippen LogP contribution in [-0.4, -0.2) is 37.7 Å². The summed E-state index contributed by atoms with van der Waals surface area (Å²) in [6.45, 7) is 6.38. The lowest BCUT2D eigenvalue weighted by molar-refractivity contribution is 0.454. The summed E-state index contributed by atoms with van der Waals surface area (Å²) < 4.78 is 1.84. The molecular formula is C20H22N6. The van der Waals surface area contributed by atoms with Gasteiger partial charge in [-0.25, -0.2) is 14.5 Å². The van der Waals surface area contributed by atoms with E-state index in [-0.39, 0.29) is 0 Å². The van der Waals surface area contributed by atoms with Crippen LogP contribution < -0.4 is 5.32 Å². The van der Waals surface area contributed by atoms with Crippen LogP contribution in [0, 0.1) is 13.8 Å². The molecule has 132 valence electrons. The lowest BCUT2D eigenvalue weighted by Gasteiger charge is -2.21. The molecule has 0 unspecified atom stereocenters. The highest BCUT2D eigenvalue weighted by atomic mass is 15.3. The first-order valence-electron chi connectivity index (χ1n) is 9.21. The fraction of sp³-hybridized carbons (Fsp3) is 0.350. The Morgan fingerprint density at radius 2 is 2.00 bits per heavy atom. The first-order valence-corrected chi connectivity index (χ1v) is 9.21. The second-order valence-corrected chi connectivity index (χ2v) is 7.22. The first kappa shape index (κ1) is 15.5. The highest BCUT2D eigenvalue weighted by molar-refractivity contribution is 5.88. The maximum Gasteiger partial charge on any atom is 0.158 e. The SMILES string of the molecule is Cc1c(-c2cc(C)c3ncnn3c2)[nH]c2nc(C3CCNCC3)ccc12. The second kappa shape index (κ2) is 5.92. The summed E-state index contributed by atoms with van der Waals surface area (Å²) in [6, 6.07) is 6.58. The van der Waals surface area contributed by atoms with Crippen LogP contribution in [0.25, 0.3) is 27.9 Å². The van der Waals surface area contributed by atoms with Crippen molar-refractivity contribution in [2.24, 2.45) is 0 Å². The van der Waals surface area contributed by atoms with E-state index in [1.807, 2.05) is 10.7 Å². The molecule has 0 saturated carbocycles. The van der Waals surface area contributed by atoms with Gasteiger partial charge in [-0.1, -0.05) is 0 Å². The molecule has 0 bridgehead atoms. The number of piperidine rings is 1. The van der Waals surface area contributed by atoms with Crippen molar-refractivity contribution >= 4 is 16.7 Å². The largest absolute Gasteiger partial charge is 0.339 e. The molecule has 26 heavy (non-hydrogen) atoms. The van der Waals surface area contributed by atoms with E-state index in [1.54, 1.807) is 6.33 Å². The quantitative estimate of drug-likeness (QED) is 0.584. The number of rotatable bonds is 2. The normalized spacial score (nSPS) is 15.9. The van der Waals surface area contributed by atoms with Crippen molar-refractivity contribution in [3.63, 3.8) is 0 Å². The molecule has 6 heteroatoms. The average molecular weight is 346 g/mol. The van der Waals surface area contributed by atoms with E-state index in [2.05, 4.69) is 52.4 Å². The zero-order valence-corrected chi connectivity index (χ0v) is 15.1. The van der Waals surface area contributed by atoms with Crippen molar-refractivity contribution in [3.05, 3.63) is 47.5 Å². The molecule has 0 radical (unpaired) electrons. The molecule has 1 saturated heterocycles. The number of fused-ring (bicyclic) bond motifs is 2. The van der Waals surface area contributed by atoms with Crippen molar-refractivity contribution in [2.45, 2.75) is 32.6 Å². The molecule has 5 heterocycles. The number of nitrogens with zero attached hydrogens (tertiary/aromatic N) is 4. The summed E-state index contributed by atoms with van der Waals surface area (Å²) in [4.78, 5) is 12.8. The fourth-order valence-corrected chi connectivity index (χ4v) is 4.08. The number of aryl methyl sites for hydroxylation is 2. The zero-order valence-electron chi connectivity index (χ0n) is 15.1. The lowest BCUT2D eigenvalue weighted by Crippen LogP contribution is -2.27. The van der Waals surface area contributed by atoms with E-state index < -0.39 is 0 Å². The van der Waals surface area contributed by atoms with Crippen LogP contribution in [-0.2, 0) is 0 Å². The van der Waals surface area contributed by atoms with Gasteiger partial charge in [0.1, 0.15) is 12.0 Å². The molecule has 0 aromatic carbocycles. The fourth-order valence-electron chi connectivity index (χ4n) is 4.08. The number of nitrogens with one attached hydrogen (secondary N) is 2. The summed E-state index contributed by atoms with van der Waals surface area (Å²) in [7, 11) is 0. The minimum atomic E-state index is 0.557. The molecule has 1 aliphatic rings. The van der Waals surface area contributed by atoms with E-state index in [1.165, 1.54) is 16.6 Å². The van der Waals surface area contributed by atoms with Crippen LogP contribution in [0.1, 0.15) is 35.6 Å². The average Bonchev–Trinajstić information content (AvgIpc) is 3.27. The maximum atomic E-state index is 4.96. The zero-order chi connectivity index (χ0) is 17.7. The summed E-state index contributed by atoms with van der Waals surface area (Å²) in [6.07, 6.45) is 5.94. The number of aromatic amines is 1. The van der Waals surface area contributed by atoms with Crippen molar-refractivity contribution in [1.82, 2.24) is 29.9 Å². The van der Waals surface area contributed by atoms with Gasteiger partial charge >= 0.3 is 0 Å². The third-order valence-corrected chi connectivity index (χ3v) is 5.54. The third kappa shape index (κ3) is 2.41. The number of aromatic nitrogens is 5. The Bertz CT molecular complexity index is 1100. The van der Waals surface area contributed by atoms with Gasteiger partial charge in [-0.15, -0.1) is 0 Å². The Labute approximate surface area is 151 Å². The minimum Gasteiger partial charge on any atom is -0.339 e. The van der Waals surface area contributed by atoms with Crippen LogP contribution >= 0.6 is 0 Å².